The molecule has 1 aromatic rings. The number of rotatable bonds is 6. The third kappa shape index (κ3) is 2.08. The van der Waals surface area contributed by atoms with Crippen LogP contribution in [0.25, 0.3) is 0 Å². The lowest BCUT2D eigenvalue weighted by Gasteiger charge is -2.31. The van der Waals surface area contributed by atoms with Crippen molar-refractivity contribution in [2.45, 2.75) is 25.7 Å². The summed E-state index contributed by atoms with van der Waals surface area (Å²) in [5.74, 6) is -2.68. The maximum absolute atomic E-state index is 11.7. The van der Waals surface area contributed by atoms with Crippen LogP contribution in [0.1, 0.15) is 35.7 Å². The average Bonchev–Trinajstić information content (AvgIpc) is 3.26. The minimum Gasteiger partial charge on any atom is -0.465 e. The predicted molar refractivity (Wildman–Crippen MR) is 94.2 cm³/mol. The summed E-state index contributed by atoms with van der Waals surface area (Å²) in [4.78, 5) is 15.9. The molecule has 2 N–H and O–H groups in total. The molecule has 140 valence electrons. The molecule has 0 saturated heterocycles. The molecule has 3 unspecified atom stereocenters. The van der Waals surface area contributed by atoms with Crippen LogP contribution in [0.2, 0.25) is 0 Å². The van der Waals surface area contributed by atoms with Gasteiger partial charge in [-0.25, -0.2) is 9.79 Å². The molecular formula is C19H20N4O4. The second kappa shape index (κ2) is 6.34. The summed E-state index contributed by atoms with van der Waals surface area (Å²) in [5.41, 5.74) is 4.42. The smallest absolute Gasteiger partial charge is 0.337 e. The number of amidine groups is 1. The van der Waals surface area contributed by atoms with Gasteiger partial charge in [0.15, 0.2) is 5.41 Å². The molecule has 3 rings (SSSR count). The number of nitrogens with two attached hydrogens (primary N) is 1. The molecule has 27 heavy (non-hydrogen) atoms. The van der Waals surface area contributed by atoms with Crippen molar-refractivity contribution in [1.29, 1.82) is 10.5 Å². The summed E-state index contributed by atoms with van der Waals surface area (Å²) in [6, 6.07) is 11.0. The van der Waals surface area contributed by atoms with Crippen molar-refractivity contribution < 1.29 is 19.0 Å². The van der Waals surface area contributed by atoms with Gasteiger partial charge in [-0.15, -0.1) is 0 Å². The molecule has 1 saturated carbocycles. The number of hydrogen-bond donors (Lipinski definition) is 1. The van der Waals surface area contributed by atoms with Crippen LogP contribution in [0.4, 0.5) is 0 Å². The highest BCUT2D eigenvalue weighted by Gasteiger charge is 2.93. The van der Waals surface area contributed by atoms with Gasteiger partial charge in [0.1, 0.15) is 11.3 Å². The lowest BCUT2D eigenvalue weighted by Crippen LogP contribution is -2.43. The van der Waals surface area contributed by atoms with Crippen molar-refractivity contribution in [2.24, 2.45) is 21.6 Å². The quantitative estimate of drug-likeness (QED) is 0.597. The molecule has 0 amide bonds. The molecule has 8 nitrogen and oxygen atoms in total. The highest BCUT2D eigenvalue weighted by Crippen LogP contribution is 2.81. The summed E-state index contributed by atoms with van der Waals surface area (Å²) < 4.78 is 16.2. The molecule has 1 aliphatic heterocycles. The molecular weight excluding hydrogens is 348 g/mol. The molecule has 0 spiro atoms. The number of hydrogen-bond acceptors (Lipinski definition) is 8. The summed E-state index contributed by atoms with van der Waals surface area (Å²) in [6.45, 7) is 3.98. The number of carbonyl (C=O) groups is 1. The maximum Gasteiger partial charge on any atom is 0.337 e. The maximum atomic E-state index is 11.7. The van der Waals surface area contributed by atoms with E-state index in [9.17, 15) is 15.3 Å². The standard InChI is InChI=1S/C19H20N4O4/c1-4-26-19(27-5-2)18(11-21)14(17(18,10-20)16(22)23-19)12-6-8-13(9-7-12)15(24)25-3/h6-9,14H,4-5H2,1-3H3,(H2,22,23). The first-order chi connectivity index (χ1) is 12.9. The number of ether oxygens (including phenoxy) is 3. The van der Waals surface area contributed by atoms with Gasteiger partial charge in [0, 0.05) is 19.1 Å². The molecule has 0 bridgehead atoms. The largest absolute Gasteiger partial charge is 0.465 e. The van der Waals surface area contributed by atoms with E-state index in [0.29, 0.717) is 11.1 Å². The Morgan fingerprint density at radius 1 is 1.19 bits per heavy atom. The number of aliphatic imine (C=N–C) groups is 1. The second-order valence-electron chi connectivity index (χ2n) is 6.33. The van der Waals surface area contributed by atoms with Crippen molar-refractivity contribution in [1.82, 2.24) is 0 Å². The average molecular weight is 368 g/mol. The van der Waals surface area contributed by atoms with Crippen molar-refractivity contribution in [3.63, 3.8) is 0 Å². The Labute approximate surface area is 157 Å². The minimum atomic E-state index is -1.64. The summed E-state index contributed by atoms with van der Waals surface area (Å²) >= 11 is 0. The Balaban J connectivity index is 2.13. The Bertz CT molecular complexity index is 876. The Hall–Kier alpha value is -2.94. The van der Waals surface area contributed by atoms with E-state index in [0.717, 1.165) is 0 Å². The van der Waals surface area contributed by atoms with Gasteiger partial charge < -0.3 is 19.9 Å². The van der Waals surface area contributed by atoms with Crippen LogP contribution in [-0.2, 0) is 14.2 Å². The third-order valence-electron chi connectivity index (χ3n) is 5.27. The number of carbonyl (C=O) groups excluding carboxylic acids is 1. The number of esters is 1. The molecule has 1 aromatic carbocycles. The zero-order valence-electron chi connectivity index (χ0n) is 15.4. The third-order valence-corrected chi connectivity index (χ3v) is 5.27. The van der Waals surface area contributed by atoms with E-state index in [1.165, 1.54) is 7.11 Å². The van der Waals surface area contributed by atoms with E-state index >= 15 is 0 Å². The lowest BCUT2D eigenvalue weighted by molar-refractivity contribution is -0.255. The van der Waals surface area contributed by atoms with Gasteiger partial charge in [0.05, 0.1) is 24.8 Å². The van der Waals surface area contributed by atoms with Gasteiger partial charge in [-0.2, -0.15) is 10.5 Å². The van der Waals surface area contributed by atoms with Crippen molar-refractivity contribution in [3.8, 4) is 12.1 Å². The zero-order chi connectivity index (χ0) is 19.9. The Morgan fingerprint density at radius 3 is 2.22 bits per heavy atom. The molecule has 1 fully saturated rings. The first-order valence-corrected chi connectivity index (χ1v) is 8.59. The van der Waals surface area contributed by atoms with Crippen LogP contribution in [0.3, 0.4) is 0 Å². The fourth-order valence-electron chi connectivity index (χ4n) is 4.18. The summed E-state index contributed by atoms with van der Waals surface area (Å²) in [7, 11) is 1.30. The number of fused-ring (bicyclic) bond motifs is 1. The van der Waals surface area contributed by atoms with E-state index in [-0.39, 0.29) is 19.0 Å². The van der Waals surface area contributed by atoms with Crippen LogP contribution in [-0.4, -0.2) is 38.0 Å². The van der Waals surface area contributed by atoms with E-state index < -0.39 is 28.6 Å². The van der Waals surface area contributed by atoms with Gasteiger partial charge in [-0.1, -0.05) is 12.1 Å². The lowest BCUT2D eigenvalue weighted by atomic mass is 9.93. The van der Waals surface area contributed by atoms with Crippen LogP contribution in [0, 0.1) is 33.5 Å². The van der Waals surface area contributed by atoms with Gasteiger partial charge in [0.2, 0.25) is 0 Å². The fraction of sp³-hybridized carbons (Fsp3) is 0.474. The molecule has 2 aliphatic rings. The van der Waals surface area contributed by atoms with E-state index in [4.69, 9.17) is 19.9 Å². The Kier molecular flexibility index (Phi) is 4.43. The van der Waals surface area contributed by atoms with Crippen molar-refractivity contribution >= 4 is 11.8 Å². The Morgan fingerprint density at radius 2 is 1.78 bits per heavy atom. The highest BCUT2D eigenvalue weighted by molar-refractivity contribution is 6.00. The van der Waals surface area contributed by atoms with Crippen LogP contribution >= 0.6 is 0 Å². The number of methoxy groups -OCH3 is 1. The number of nitriles is 2. The van der Waals surface area contributed by atoms with Gasteiger partial charge in [-0.05, 0) is 31.5 Å². The number of nitrogens with zero attached hydrogens (tertiary/aromatic N) is 3. The van der Waals surface area contributed by atoms with E-state index in [2.05, 4.69) is 17.1 Å². The number of benzene rings is 1. The van der Waals surface area contributed by atoms with Crippen molar-refractivity contribution in [3.05, 3.63) is 35.4 Å². The van der Waals surface area contributed by atoms with E-state index in [1.54, 1.807) is 38.1 Å². The molecule has 3 atom stereocenters. The first-order valence-electron chi connectivity index (χ1n) is 8.59. The zero-order valence-corrected chi connectivity index (χ0v) is 15.4. The molecule has 8 heteroatoms. The molecule has 0 aromatic heterocycles. The summed E-state index contributed by atoms with van der Waals surface area (Å²) in [5, 5.41) is 20.1. The monoisotopic (exact) mass is 368 g/mol. The first kappa shape index (κ1) is 18.8. The van der Waals surface area contributed by atoms with Crippen LogP contribution in [0.5, 0.6) is 0 Å². The topological polar surface area (TPSA) is 131 Å². The predicted octanol–water partition coefficient (Wildman–Crippen LogP) is 1.69. The van der Waals surface area contributed by atoms with Gasteiger partial charge in [-0.3, -0.25) is 0 Å². The molecule has 0 radical (unpaired) electrons. The van der Waals surface area contributed by atoms with Gasteiger partial charge >= 0.3 is 5.97 Å². The summed E-state index contributed by atoms with van der Waals surface area (Å²) in [6.07, 6.45) is 0. The van der Waals surface area contributed by atoms with E-state index in [1.807, 2.05) is 0 Å². The van der Waals surface area contributed by atoms with Crippen LogP contribution in [0.15, 0.2) is 29.3 Å². The SMILES string of the molecule is CCOC1(OCC)N=C(N)C2(C#N)C(c3ccc(C(=O)OC)cc3)C12C#N. The molecule has 1 heterocycles. The fourth-order valence-corrected chi connectivity index (χ4v) is 4.18. The molecule has 1 aliphatic carbocycles. The van der Waals surface area contributed by atoms with Crippen molar-refractivity contribution in [2.75, 3.05) is 20.3 Å². The highest BCUT2D eigenvalue weighted by atomic mass is 16.7. The van der Waals surface area contributed by atoms with Crippen LogP contribution < -0.4 is 5.73 Å². The van der Waals surface area contributed by atoms with Gasteiger partial charge in [0.25, 0.3) is 5.91 Å². The normalized spacial score (nSPS) is 29.8. The minimum absolute atomic E-state index is 0.0236. The second-order valence-corrected chi connectivity index (χ2v) is 6.33.